The maximum Gasteiger partial charge on any atom is 0.264 e. The number of nitrogens with zero attached hydrogens (tertiary/aromatic N) is 2. The molecule has 0 aliphatic heterocycles. The quantitative estimate of drug-likeness (QED) is 0.328. The molecule has 3 rings (SSSR count). The molecule has 0 heterocycles. The van der Waals surface area contributed by atoms with E-state index in [1.165, 1.54) is 24.1 Å². The van der Waals surface area contributed by atoms with Crippen LogP contribution in [0.3, 0.4) is 0 Å². The molecule has 9 heteroatoms. The SMILES string of the molecule is CC[C@H](C(=O)NC(C)C)N(CCc1ccccc1)C(=O)CN(c1cccc(OC)c1)S(=O)(=O)c1ccc(C)cc1. The summed E-state index contributed by atoms with van der Waals surface area (Å²) in [5.41, 5.74) is 2.21. The molecule has 0 saturated carbocycles. The van der Waals surface area contributed by atoms with E-state index in [4.69, 9.17) is 4.74 Å². The lowest BCUT2D eigenvalue weighted by molar-refractivity contribution is -0.139. The Morgan fingerprint density at radius 3 is 2.23 bits per heavy atom. The van der Waals surface area contributed by atoms with Gasteiger partial charge in [-0.3, -0.25) is 13.9 Å². The van der Waals surface area contributed by atoms with Crippen molar-refractivity contribution in [1.29, 1.82) is 0 Å². The molecule has 0 radical (unpaired) electrons. The zero-order valence-electron chi connectivity index (χ0n) is 23.8. The lowest BCUT2D eigenvalue weighted by Gasteiger charge is -2.33. The summed E-state index contributed by atoms with van der Waals surface area (Å²) in [6, 6.07) is 21.9. The van der Waals surface area contributed by atoms with Crippen molar-refractivity contribution in [1.82, 2.24) is 10.2 Å². The maximum atomic E-state index is 14.0. The Bertz CT molecular complexity index is 1380. The van der Waals surface area contributed by atoms with Gasteiger partial charge in [-0.25, -0.2) is 8.42 Å². The Hall–Kier alpha value is -3.85. The van der Waals surface area contributed by atoms with Crippen molar-refractivity contribution >= 4 is 27.5 Å². The highest BCUT2D eigenvalue weighted by molar-refractivity contribution is 7.92. The van der Waals surface area contributed by atoms with Gasteiger partial charge in [0.25, 0.3) is 10.0 Å². The van der Waals surface area contributed by atoms with Crippen molar-refractivity contribution in [2.24, 2.45) is 0 Å². The zero-order valence-corrected chi connectivity index (χ0v) is 24.6. The van der Waals surface area contributed by atoms with Gasteiger partial charge < -0.3 is 15.0 Å². The van der Waals surface area contributed by atoms with Gasteiger partial charge in [0.15, 0.2) is 0 Å². The highest BCUT2D eigenvalue weighted by atomic mass is 32.2. The number of hydrogen-bond acceptors (Lipinski definition) is 5. The number of anilines is 1. The van der Waals surface area contributed by atoms with Crippen molar-refractivity contribution in [2.45, 2.75) is 57.5 Å². The molecular formula is C31H39N3O5S. The van der Waals surface area contributed by atoms with Gasteiger partial charge in [0, 0.05) is 18.7 Å². The smallest absolute Gasteiger partial charge is 0.264 e. The first kappa shape index (κ1) is 30.7. The van der Waals surface area contributed by atoms with Crippen molar-refractivity contribution in [3.05, 3.63) is 90.0 Å². The van der Waals surface area contributed by atoms with Crippen LogP contribution in [0.2, 0.25) is 0 Å². The average molecular weight is 566 g/mol. The van der Waals surface area contributed by atoms with E-state index in [2.05, 4.69) is 5.32 Å². The molecule has 0 aliphatic rings. The number of ether oxygens (including phenoxy) is 1. The van der Waals surface area contributed by atoms with Crippen LogP contribution < -0.4 is 14.4 Å². The van der Waals surface area contributed by atoms with Crippen LogP contribution in [0.15, 0.2) is 83.8 Å². The predicted molar refractivity (Wildman–Crippen MR) is 158 cm³/mol. The normalized spacial score (nSPS) is 12.1. The van der Waals surface area contributed by atoms with Gasteiger partial charge in [-0.15, -0.1) is 0 Å². The van der Waals surface area contributed by atoms with Crippen LogP contribution >= 0.6 is 0 Å². The first-order valence-electron chi connectivity index (χ1n) is 13.4. The molecule has 0 aliphatic carbocycles. The van der Waals surface area contributed by atoms with Crippen molar-refractivity contribution in [3.63, 3.8) is 0 Å². The second kappa shape index (κ2) is 14.0. The Kier molecular flexibility index (Phi) is 10.7. The van der Waals surface area contributed by atoms with Crippen molar-refractivity contribution < 1.29 is 22.7 Å². The first-order valence-corrected chi connectivity index (χ1v) is 14.9. The third kappa shape index (κ3) is 7.85. The topological polar surface area (TPSA) is 96.0 Å². The van der Waals surface area contributed by atoms with E-state index < -0.39 is 28.5 Å². The molecular weight excluding hydrogens is 526 g/mol. The third-order valence-corrected chi connectivity index (χ3v) is 8.32. The van der Waals surface area contributed by atoms with E-state index in [0.29, 0.717) is 18.6 Å². The number of carbonyl (C=O) groups is 2. The zero-order chi connectivity index (χ0) is 29.3. The molecule has 0 bridgehead atoms. The lowest BCUT2D eigenvalue weighted by atomic mass is 10.1. The Labute approximate surface area is 238 Å². The van der Waals surface area contributed by atoms with Gasteiger partial charge in [-0.05, 0) is 63.4 Å². The number of carbonyl (C=O) groups excluding carboxylic acids is 2. The monoisotopic (exact) mass is 565 g/mol. The van der Waals surface area contributed by atoms with Crippen LogP contribution in [0.1, 0.15) is 38.3 Å². The summed E-state index contributed by atoms with van der Waals surface area (Å²) in [5.74, 6) is -0.286. The van der Waals surface area contributed by atoms with Crippen LogP contribution in [0, 0.1) is 6.92 Å². The second-order valence-electron chi connectivity index (χ2n) is 9.94. The van der Waals surface area contributed by atoms with Gasteiger partial charge in [0.1, 0.15) is 18.3 Å². The van der Waals surface area contributed by atoms with Crippen molar-refractivity contribution in [2.75, 3.05) is 24.5 Å². The molecule has 0 unspecified atom stereocenters. The fraction of sp³-hybridized carbons (Fsp3) is 0.355. The summed E-state index contributed by atoms with van der Waals surface area (Å²) in [7, 11) is -2.64. The number of amides is 2. The molecule has 3 aromatic carbocycles. The Balaban J connectivity index is 2.03. The molecule has 1 atom stereocenters. The number of sulfonamides is 1. The van der Waals surface area contributed by atoms with E-state index >= 15 is 0 Å². The molecule has 3 aromatic rings. The molecule has 0 spiro atoms. The summed E-state index contributed by atoms with van der Waals surface area (Å²) in [4.78, 5) is 28.8. The lowest BCUT2D eigenvalue weighted by Crippen LogP contribution is -2.54. The van der Waals surface area contributed by atoms with Gasteiger partial charge in [-0.2, -0.15) is 0 Å². The number of nitrogens with one attached hydrogen (secondary N) is 1. The largest absolute Gasteiger partial charge is 0.497 e. The molecule has 40 heavy (non-hydrogen) atoms. The molecule has 8 nitrogen and oxygen atoms in total. The van der Waals surface area contributed by atoms with Gasteiger partial charge in [0.05, 0.1) is 17.7 Å². The van der Waals surface area contributed by atoms with Crippen LogP contribution in [0.5, 0.6) is 5.75 Å². The summed E-state index contributed by atoms with van der Waals surface area (Å²) in [5, 5.41) is 2.91. The van der Waals surface area contributed by atoms with E-state index in [1.807, 2.05) is 58.0 Å². The number of hydrogen-bond donors (Lipinski definition) is 1. The molecule has 1 N–H and O–H groups in total. The van der Waals surface area contributed by atoms with E-state index in [-0.39, 0.29) is 29.1 Å². The number of rotatable bonds is 13. The third-order valence-electron chi connectivity index (χ3n) is 6.53. The maximum absolute atomic E-state index is 14.0. The molecule has 214 valence electrons. The van der Waals surface area contributed by atoms with E-state index in [9.17, 15) is 18.0 Å². The number of methoxy groups -OCH3 is 1. The molecule has 0 saturated heterocycles. The fourth-order valence-electron chi connectivity index (χ4n) is 4.41. The van der Waals surface area contributed by atoms with Crippen LogP contribution in [-0.2, 0) is 26.0 Å². The second-order valence-corrected chi connectivity index (χ2v) is 11.8. The van der Waals surface area contributed by atoms with Gasteiger partial charge in [0.2, 0.25) is 11.8 Å². The van der Waals surface area contributed by atoms with Gasteiger partial charge >= 0.3 is 0 Å². The van der Waals surface area contributed by atoms with Crippen molar-refractivity contribution in [3.8, 4) is 5.75 Å². The summed E-state index contributed by atoms with van der Waals surface area (Å²) in [6.45, 7) is 7.21. The predicted octanol–water partition coefficient (Wildman–Crippen LogP) is 4.57. The molecule has 2 amide bonds. The molecule has 0 fully saturated rings. The highest BCUT2D eigenvalue weighted by Gasteiger charge is 2.33. The minimum Gasteiger partial charge on any atom is -0.497 e. The Morgan fingerprint density at radius 2 is 1.62 bits per heavy atom. The standard InChI is InChI=1S/C31H39N3O5S/c1-6-29(31(36)32-23(2)3)33(20-19-25-11-8-7-9-12-25)30(35)22-34(26-13-10-14-27(21-26)39-5)40(37,38)28-17-15-24(4)16-18-28/h7-18,21,23,29H,6,19-20,22H2,1-5H3,(H,32,36)/t29-/m1/s1. The Morgan fingerprint density at radius 1 is 0.950 bits per heavy atom. The van der Waals surface area contributed by atoms with Crippen LogP contribution in [-0.4, -0.2) is 57.4 Å². The average Bonchev–Trinajstić information content (AvgIpc) is 2.94. The molecule has 0 aromatic heterocycles. The first-order chi connectivity index (χ1) is 19.1. The number of aryl methyl sites for hydroxylation is 1. The van der Waals surface area contributed by atoms with Crippen LogP contribution in [0.4, 0.5) is 5.69 Å². The summed E-state index contributed by atoms with van der Waals surface area (Å²) < 4.78 is 34.3. The fourth-order valence-corrected chi connectivity index (χ4v) is 5.81. The number of benzene rings is 3. The minimum atomic E-state index is -4.13. The summed E-state index contributed by atoms with van der Waals surface area (Å²) in [6.07, 6.45) is 0.894. The van der Waals surface area contributed by atoms with E-state index in [0.717, 1.165) is 15.4 Å². The minimum absolute atomic E-state index is 0.0640. The highest BCUT2D eigenvalue weighted by Crippen LogP contribution is 2.27. The van der Waals surface area contributed by atoms with E-state index in [1.54, 1.807) is 36.4 Å². The van der Waals surface area contributed by atoms with Gasteiger partial charge in [-0.1, -0.05) is 61.0 Å². The summed E-state index contributed by atoms with van der Waals surface area (Å²) >= 11 is 0. The van der Waals surface area contributed by atoms with Crippen LogP contribution in [0.25, 0.3) is 0 Å².